The van der Waals surface area contributed by atoms with Crippen LogP contribution < -0.4 is 19.5 Å². The Kier molecular flexibility index (Phi) is 5.66. The van der Waals surface area contributed by atoms with E-state index in [0.29, 0.717) is 22.9 Å². The van der Waals surface area contributed by atoms with Crippen LogP contribution in [-0.4, -0.2) is 26.7 Å². The molecule has 2 aromatic rings. The molecule has 0 aliphatic rings. The van der Waals surface area contributed by atoms with Gasteiger partial charge in [0, 0.05) is 10.5 Å². The average Bonchev–Trinajstić information content (AvgIpc) is 2.53. The summed E-state index contributed by atoms with van der Waals surface area (Å²) in [7, 11) is 3.10. The van der Waals surface area contributed by atoms with E-state index >= 15 is 0 Å². The summed E-state index contributed by atoms with van der Waals surface area (Å²) in [5, 5.41) is 2.74. The summed E-state index contributed by atoms with van der Waals surface area (Å²) in [4.78, 5) is 12.0. The highest BCUT2D eigenvalue weighted by Gasteiger charge is 2.10. The molecule has 0 spiro atoms. The Labute approximate surface area is 137 Å². The Morgan fingerprint density at radius 1 is 1.09 bits per heavy atom. The predicted molar refractivity (Wildman–Crippen MR) is 87.8 cm³/mol. The number of carbonyl (C=O) groups excluding carboxylic acids is 1. The number of halogens is 1. The van der Waals surface area contributed by atoms with Crippen molar-refractivity contribution >= 4 is 27.5 Å². The first-order valence-corrected chi connectivity index (χ1v) is 7.32. The van der Waals surface area contributed by atoms with E-state index in [1.165, 1.54) is 7.11 Å². The van der Waals surface area contributed by atoms with Crippen LogP contribution in [0.5, 0.6) is 17.2 Å². The lowest BCUT2D eigenvalue weighted by Gasteiger charge is -2.12. The zero-order valence-electron chi connectivity index (χ0n) is 12.3. The summed E-state index contributed by atoms with van der Waals surface area (Å²) in [6.07, 6.45) is 0. The van der Waals surface area contributed by atoms with Crippen molar-refractivity contribution in [3.8, 4) is 17.2 Å². The fourth-order valence-electron chi connectivity index (χ4n) is 1.80. The molecule has 2 rings (SSSR count). The molecule has 2 aromatic carbocycles. The summed E-state index contributed by atoms with van der Waals surface area (Å²) >= 11 is 3.35. The Morgan fingerprint density at radius 2 is 1.91 bits per heavy atom. The van der Waals surface area contributed by atoms with Gasteiger partial charge in [-0.3, -0.25) is 4.79 Å². The van der Waals surface area contributed by atoms with Gasteiger partial charge >= 0.3 is 0 Å². The van der Waals surface area contributed by atoms with Crippen molar-refractivity contribution in [3.05, 3.63) is 46.9 Å². The van der Waals surface area contributed by atoms with Crippen molar-refractivity contribution in [3.63, 3.8) is 0 Å². The van der Waals surface area contributed by atoms with Gasteiger partial charge in [-0.05, 0) is 30.3 Å². The van der Waals surface area contributed by atoms with Gasteiger partial charge in [0.2, 0.25) is 0 Å². The van der Waals surface area contributed by atoms with E-state index in [9.17, 15) is 4.79 Å². The van der Waals surface area contributed by atoms with Gasteiger partial charge < -0.3 is 19.5 Å². The summed E-state index contributed by atoms with van der Waals surface area (Å²) in [6, 6.07) is 12.5. The number of benzene rings is 2. The molecule has 1 N–H and O–H groups in total. The van der Waals surface area contributed by atoms with Crippen molar-refractivity contribution in [1.29, 1.82) is 0 Å². The quantitative estimate of drug-likeness (QED) is 0.851. The third kappa shape index (κ3) is 4.39. The van der Waals surface area contributed by atoms with Gasteiger partial charge in [0.1, 0.15) is 17.2 Å². The van der Waals surface area contributed by atoms with E-state index in [-0.39, 0.29) is 12.5 Å². The third-order valence-corrected chi connectivity index (χ3v) is 3.34. The number of carbonyl (C=O) groups is 1. The van der Waals surface area contributed by atoms with Crippen molar-refractivity contribution in [2.24, 2.45) is 0 Å². The van der Waals surface area contributed by atoms with Crippen LogP contribution in [0.2, 0.25) is 0 Å². The molecular formula is C16H16BrNO4. The van der Waals surface area contributed by atoms with E-state index in [1.54, 1.807) is 37.4 Å². The molecule has 116 valence electrons. The van der Waals surface area contributed by atoms with Crippen LogP contribution in [0.4, 0.5) is 5.69 Å². The van der Waals surface area contributed by atoms with Crippen molar-refractivity contribution in [2.75, 3.05) is 26.1 Å². The van der Waals surface area contributed by atoms with Gasteiger partial charge in [-0.15, -0.1) is 0 Å². The number of hydrogen-bond donors (Lipinski definition) is 1. The Balaban J connectivity index is 1.99. The highest BCUT2D eigenvalue weighted by atomic mass is 79.9. The zero-order chi connectivity index (χ0) is 15.9. The molecule has 0 saturated heterocycles. The van der Waals surface area contributed by atoms with Crippen LogP contribution in [0.3, 0.4) is 0 Å². The molecule has 0 bridgehead atoms. The molecule has 5 nitrogen and oxygen atoms in total. The molecule has 0 fully saturated rings. The van der Waals surface area contributed by atoms with Gasteiger partial charge in [-0.1, -0.05) is 22.0 Å². The first-order chi connectivity index (χ1) is 10.6. The topological polar surface area (TPSA) is 56.8 Å². The molecule has 0 radical (unpaired) electrons. The maximum absolute atomic E-state index is 12.0. The Hall–Kier alpha value is -2.21. The van der Waals surface area contributed by atoms with Gasteiger partial charge in [-0.25, -0.2) is 0 Å². The van der Waals surface area contributed by atoms with Crippen LogP contribution in [-0.2, 0) is 4.79 Å². The van der Waals surface area contributed by atoms with E-state index in [2.05, 4.69) is 21.2 Å². The average molecular weight is 366 g/mol. The number of hydrogen-bond acceptors (Lipinski definition) is 4. The SMILES string of the molecule is COc1ccc(OC)c(NC(=O)COc2cccc(Br)c2)c1. The molecule has 0 heterocycles. The molecule has 0 saturated carbocycles. The normalized spacial score (nSPS) is 9.95. The lowest BCUT2D eigenvalue weighted by Crippen LogP contribution is -2.20. The second-order valence-corrected chi connectivity index (χ2v) is 5.28. The van der Waals surface area contributed by atoms with Crippen LogP contribution in [0.15, 0.2) is 46.9 Å². The fourth-order valence-corrected chi connectivity index (χ4v) is 2.18. The molecule has 0 atom stereocenters. The first-order valence-electron chi connectivity index (χ1n) is 6.52. The van der Waals surface area contributed by atoms with E-state index < -0.39 is 0 Å². The molecule has 0 aliphatic heterocycles. The van der Waals surface area contributed by atoms with Crippen LogP contribution in [0.25, 0.3) is 0 Å². The maximum Gasteiger partial charge on any atom is 0.262 e. The van der Waals surface area contributed by atoms with Crippen molar-refractivity contribution in [1.82, 2.24) is 0 Å². The molecule has 0 aliphatic carbocycles. The lowest BCUT2D eigenvalue weighted by molar-refractivity contribution is -0.118. The highest BCUT2D eigenvalue weighted by Crippen LogP contribution is 2.28. The number of anilines is 1. The molecule has 0 unspecified atom stereocenters. The van der Waals surface area contributed by atoms with Gasteiger partial charge in [0.25, 0.3) is 5.91 Å². The van der Waals surface area contributed by atoms with Crippen LogP contribution >= 0.6 is 15.9 Å². The summed E-state index contributed by atoms with van der Waals surface area (Å²) in [5.74, 6) is 1.51. The molecular weight excluding hydrogens is 350 g/mol. The van der Waals surface area contributed by atoms with Crippen molar-refractivity contribution in [2.45, 2.75) is 0 Å². The molecule has 6 heteroatoms. The molecule has 22 heavy (non-hydrogen) atoms. The summed E-state index contributed by atoms with van der Waals surface area (Å²) in [6.45, 7) is -0.100. The predicted octanol–water partition coefficient (Wildman–Crippen LogP) is 3.48. The van der Waals surface area contributed by atoms with Gasteiger partial charge in [0.15, 0.2) is 6.61 Å². The minimum absolute atomic E-state index is 0.100. The minimum Gasteiger partial charge on any atom is -0.497 e. The monoisotopic (exact) mass is 365 g/mol. The number of rotatable bonds is 6. The standard InChI is InChI=1S/C16H16BrNO4/c1-20-12-6-7-15(21-2)14(9-12)18-16(19)10-22-13-5-3-4-11(17)8-13/h3-9H,10H2,1-2H3,(H,18,19). The summed E-state index contributed by atoms with van der Waals surface area (Å²) in [5.41, 5.74) is 0.532. The number of nitrogens with one attached hydrogen (secondary N) is 1. The number of amides is 1. The van der Waals surface area contributed by atoms with Gasteiger partial charge in [-0.2, -0.15) is 0 Å². The maximum atomic E-state index is 12.0. The Morgan fingerprint density at radius 3 is 2.59 bits per heavy atom. The smallest absolute Gasteiger partial charge is 0.262 e. The van der Waals surface area contributed by atoms with Crippen LogP contribution in [0, 0.1) is 0 Å². The van der Waals surface area contributed by atoms with Crippen molar-refractivity contribution < 1.29 is 19.0 Å². The van der Waals surface area contributed by atoms with E-state index in [0.717, 1.165) is 4.47 Å². The largest absolute Gasteiger partial charge is 0.497 e. The fraction of sp³-hybridized carbons (Fsp3) is 0.188. The Bertz CT molecular complexity index is 660. The molecule has 0 aromatic heterocycles. The van der Waals surface area contributed by atoms with E-state index in [1.807, 2.05) is 12.1 Å². The first kappa shape index (κ1) is 16.2. The minimum atomic E-state index is -0.286. The van der Waals surface area contributed by atoms with E-state index in [4.69, 9.17) is 14.2 Å². The molecule has 1 amide bonds. The van der Waals surface area contributed by atoms with Gasteiger partial charge in [0.05, 0.1) is 19.9 Å². The highest BCUT2D eigenvalue weighted by molar-refractivity contribution is 9.10. The number of methoxy groups -OCH3 is 2. The third-order valence-electron chi connectivity index (χ3n) is 2.85. The number of ether oxygens (including phenoxy) is 3. The zero-order valence-corrected chi connectivity index (χ0v) is 13.8. The summed E-state index contributed by atoms with van der Waals surface area (Å²) < 4.78 is 16.7. The lowest BCUT2D eigenvalue weighted by atomic mass is 10.2. The van der Waals surface area contributed by atoms with Crippen LogP contribution in [0.1, 0.15) is 0 Å². The second kappa shape index (κ2) is 7.70. The second-order valence-electron chi connectivity index (χ2n) is 4.36.